The molecular formula is C12H12Br2ClNO. The monoisotopic (exact) mass is 379 g/mol. The summed E-state index contributed by atoms with van der Waals surface area (Å²) < 4.78 is 0.728. The van der Waals surface area contributed by atoms with Crippen LogP contribution in [0.3, 0.4) is 0 Å². The van der Waals surface area contributed by atoms with Gasteiger partial charge < -0.3 is 5.32 Å². The first-order valence-electron chi connectivity index (χ1n) is 5.48. The smallest absolute Gasteiger partial charge is 0.252 e. The Morgan fingerprint density at radius 1 is 1.41 bits per heavy atom. The van der Waals surface area contributed by atoms with E-state index in [4.69, 9.17) is 11.6 Å². The fraction of sp³-hybridized carbons (Fsp3) is 0.417. The van der Waals surface area contributed by atoms with Crippen LogP contribution in [0.2, 0.25) is 5.02 Å². The molecule has 1 aliphatic carbocycles. The van der Waals surface area contributed by atoms with Crippen molar-refractivity contribution < 1.29 is 4.79 Å². The fourth-order valence-corrected chi connectivity index (χ4v) is 3.58. The van der Waals surface area contributed by atoms with Crippen LogP contribution < -0.4 is 5.32 Å². The molecule has 17 heavy (non-hydrogen) atoms. The van der Waals surface area contributed by atoms with Gasteiger partial charge in [-0.2, -0.15) is 0 Å². The van der Waals surface area contributed by atoms with E-state index < -0.39 is 0 Å². The highest BCUT2D eigenvalue weighted by molar-refractivity contribution is 9.10. The quantitative estimate of drug-likeness (QED) is 0.766. The molecule has 2 nitrogen and oxygen atoms in total. The highest BCUT2D eigenvalue weighted by atomic mass is 79.9. The predicted molar refractivity (Wildman–Crippen MR) is 77.0 cm³/mol. The van der Waals surface area contributed by atoms with Crippen molar-refractivity contribution in [1.29, 1.82) is 0 Å². The zero-order valence-electron chi connectivity index (χ0n) is 9.05. The van der Waals surface area contributed by atoms with Gasteiger partial charge in [0.05, 0.1) is 5.56 Å². The van der Waals surface area contributed by atoms with Gasteiger partial charge in [-0.3, -0.25) is 4.79 Å². The number of alkyl halides is 1. The summed E-state index contributed by atoms with van der Waals surface area (Å²) in [6.45, 7) is 0. The molecule has 0 spiro atoms. The molecule has 0 aliphatic heterocycles. The number of hydrogen-bond acceptors (Lipinski definition) is 1. The second-order valence-electron chi connectivity index (χ2n) is 4.15. The lowest BCUT2D eigenvalue weighted by molar-refractivity contribution is 0.0938. The maximum absolute atomic E-state index is 12.1. The normalized spacial score (nSPS) is 23.7. The Bertz CT molecular complexity index is 439. The second kappa shape index (κ2) is 5.72. The van der Waals surface area contributed by atoms with Crippen LogP contribution in [0.1, 0.15) is 29.6 Å². The summed E-state index contributed by atoms with van der Waals surface area (Å²) in [5.74, 6) is -0.0510. The van der Waals surface area contributed by atoms with Crippen LogP contribution in [0.25, 0.3) is 0 Å². The lowest BCUT2D eigenvalue weighted by Gasteiger charge is -2.16. The molecule has 1 aliphatic rings. The van der Waals surface area contributed by atoms with Crippen LogP contribution in [0.15, 0.2) is 22.7 Å². The van der Waals surface area contributed by atoms with E-state index in [-0.39, 0.29) is 11.9 Å². The molecule has 92 valence electrons. The van der Waals surface area contributed by atoms with E-state index in [0.29, 0.717) is 15.4 Å². The van der Waals surface area contributed by atoms with Crippen LogP contribution in [0, 0.1) is 0 Å². The number of carbonyl (C=O) groups is 1. The van der Waals surface area contributed by atoms with Gasteiger partial charge in [0.25, 0.3) is 5.91 Å². The minimum atomic E-state index is -0.0510. The Labute approximate surface area is 122 Å². The van der Waals surface area contributed by atoms with Crippen molar-refractivity contribution in [3.05, 3.63) is 33.3 Å². The number of benzene rings is 1. The molecule has 0 radical (unpaired) electrons. The van der Waals surface area contributed by atoms with Crippen LogP contribution in [-0.4, -0.2) is 16.8 Å². The molecule has 1 amide bonds. The van der Waals surface area contributed by atoms with Crippen molar-refractivity contribution in [2.45, 2.75) is 30.1 Å². The first-order valence-corrected chi connectivity index (χ1v) is 7.56. The van der Waals surface area contributed by atoms with Gasteiger partial charge in [-0.15, -0.1) is 0 Å². The summed E-state index contributed by atoms with van der Waals surface area (Å²) in [5.41, 5.74) is 0.626. The van der Waals surface area contributed by atoms with E-state index in [1.54, 1.807) is 18.2 Å². The predicted octanol–water partition coefficient (Wildman–Crippen LogP) is 4.15. The number of nitrogens with one attached hydrogen (secondary N) is 1. The SMILES string of the molecule is O=C(NC1CCCC1Br)c1ccc(Cl)cc1Br. The van der Waals surface area contributed by atoms with E-state index >= 15 is 0 Å². The van der Waals surface area contributed by atoms with Crippen molar-refractivity contribution in [1.82, 2.24) is 5.32 Å². The Kier molecular flexibility index (Phi) is 4.50. The molecule has 5 heteroatoms. The number of halogens is 3. The number of hydrogen-bond donors (Lipinski definition) is 1. The Hall–Kier alpha value is -0.0600. The van der Waals surface area contributed by atoms with Crippen molar-refractivity contribution in [3.63, 3.8) is 0 Å². The van der Waals surface area contributed by atoms with E-state index in [1.165, 1.54) is 0 Å². The molecule has 2 atom stereocenters. The molecule has 1 aromatic carbocycles. The average molecular weight is 381 g/mol. The molecule has 0 heterocycles. The molecule has 0 saturated heterocycles. The lowest BCUT2D eigenvalue weighted by Crippen LogP contribution is -2.37. The zero-order chi connectivity index (χ0) is 12.4. The molecule has 0 aromatic heterocycles. The third-order valence-corrected chi connectivity index (χ3v) is 4.91. The molecule has 2 rings (SSSR count). The van der Waals surface area contributed by atoms with Crippen LogP contribution >= 0.6 is 43.5 Å². The van der Waals surface area contributed by atoms with Gasteiger partial charge in [-0.25, -0.2) is 0 Å². The Morgan fingerprint density at radius 3 is 2.76 bits per heavy atom. The summed E-state index contributed by atoms with van der Waals surface area (Å²) in [7, 11) is 0. The third kappa shape index (κ3) is 3.24. The van der Waals surface area contributed by atoms with Gasteiger partial charge in [0.15, 0.2) is 0 Å². The molecular weight excluding hydrogens is 369 g/mol. The molecule has 1 aromatic rings. The third-order valence-electron chi connectivity index (χ3n) is 2.92. The minimum Gasteiger partial charge on any atom is -0.348 e. The summed E-state index contributed by atoms with van der Waals surface area (Å²) in [4.78, 5) is 12.5. The summed E-state index contributed by atoms with van der Waals surface area (Å²) in [6.07, 6.45) is 3.31. The lowest BCUT2D eigenvalue weighted by atomic mass is 10.2. The molecule has 1 saturated carbocycles. The number of amides is 1. The van der Waals surface area contributed by atoms with E-state index in [2.05, 4.69) is 37.2 Å². The molecule has 1 fully saturated rings. The minimum absolute atomic E-state index is 0.0510. The van der Waals surface area contributed by atoms with Crippen LogP contribution in [0.4, 0.5) is 0 Å². The van der Waals surface area contributed by atoms with Crippen molar-refractivity contribution in [2.75, 3.05) is 0 Å². The largest absolute Gasteiger partial charge is 0.348 e. The molecule has 0 bridgehead atoms. The molecule has 1 N–H and O–H groups in total. The number of rotatable bonds is 2. The molecule has 2 unspecified atom stereocenters. The highest BCUT2D eigenvalue weighted by Gasteiger charge is 2.26. The van der Waals surface area contributed by atoms with Crippen molar-refractivity contribution >= 4 is 49.4 Å². The van der Waals surface area contributed by atoms with Gasteiger partial charge in [0, 0.05) is 20.4 Å². The van der Waals surface area contributed by atoms with Gasteiger partial charge in [0.1, 0.15) is 0 Å². The summed E-state index contributed by atoms with van der Waals surface area (Å²) in [5, 5.41) is 3.66. The Morgan fingerprint density at radius 2 is 2.18 bits per heavy atom. The van der Waals surface area contributed by atoms with E-state index in [0.717, 1.165) is 23.7 Å². The maximum atomic E-state index is 12.1. The first-order chi connectivity index (χ1) is 8.08. The van der Waals surface area contributed by atoms with Crippen LogP contribution in [0.5, 0.6) is 0 Å². The summed E-state index contributed by atoms with van der Waals surface area (Å²) in [6, 6.07) is 5.42. The number of carbonyl (C=O) groups excluding carboxylic acids is 1. The fourth-order valence-electron chi connectivity index (χ4n) is 2.00. The Balaban J connectivity index is 2.09. The van der Waals surface area contributed by atoms with Gasteiger partial charge in [0.2, 0.25) is 0 Å². The summed E-state index contributed by atoms with van der Waals surface area (Å²) >= 11 is 12.8. The van der Waals surface area contributed by atoms with E-state index in [9.17, 15) is 4.79 Å². The van der Waals surface area contributed by atoms with Gasteiger partial charge in [-0.05, 0) is 47.0 Å². The second-order valence-corrected chi connectivity index (χ2v) is 6.62. The van der Waals surface area contributed by atoms with Gasteiger partial charge in [-0.1, -0.05) is 34.0 Å². The van der Waals surface area contributed by atoms with Crippen LogP contribution in [-0.2, 0) is 0 Å². The highest BCUT2D eigenvalue weighted by Crippen LogP contribution is 2.27. The topological polar surface area (TPSA) is 29.1 Å². The maximum Gasteiger partial charge on any atom is 0.252 e. The van der Waals surface area contributed by atoms with Crippen molar-refractivity contribution in [3.8, 4) is 0 Å². The average Bonchev–Trinajstić information content (AvgIpc) is 2.64. The van der Waals surface area contributed by atoms with Gasteiger partial charge >= 0.3 is 0 Å². The first kappa shape index (κ1) is 13.4. The van der Waals surface area contributed by atoms with E-state index in [1.807, 2.05) is 0 Å². The van der Waals surface area contributed by atoms with Crippen molar-refractivity contribution in [2.24, 2.45) is 0 Å². The zero-order valence-corrected chi connectivity index (χ0v) is 13.0. The standard InChI is InChI=1S/C12H12Br2ClNO/c13-9-2-1-3-11(9)16-12(17)8-5-4-7(15)6-10(8)14/h4-6,9,11H,1-3H2,(H,16,17).